The topological polar surface area (TPSA) is 72.2 Å². The Kier molecular flexibility index (Phi) is 4.14. The van der Waals surface area contributed by atoms with Crippen LogP contribution in [-0.2, 0) is 9.84 Å². The Morgan fingerprint density at radius 1 is 1.53 bits per heavy atom. The highest BCUT2D eigenvalue weighted by atomic mass is 32.2. The van der Waals surface area contributed by atoms with Crippen LogP contribution in [0.25, 0.3) is 0 Å². The highest BCUT2D eigenvalue weighted by Gasteiger charge is 2.37. The first-order valence-electron chi connectivity index (χ1n) is 5.54. The molecule has 0 aromatic carbocycles. The summed E-state index contributed by atoms with van der Waals surface area (Å²) < 4.78 is 22.7. The lowest BCUT2D eigenvalue weighted by Gasteiger charge is -2.24. The van der Waals surface area contributed by atoms with E-state index in [2.05, 4.69) is 5.32 Å². The number of sulfone groups is 1. The molecule has 1 aliphatic rings. The van der Waals surface area contributed by atoms with E-state index in [0.717, 1.165) is 25.8 Å². The summed E-state index contributed by atoms with van der Waals surface area (Å²) >= 11 is 0. The van der Waals surface area contributed by atoms with E-state index >= 15 is 0 Å². The van der Waals surface area contributed by atoms with Gasteiger partial charge in [0.05, 0.1) is 11.5 Å². The predicted octanol–water partition coefficient (Wildman–Crippen LogP) is 0.281. The summed E-state index contributed by atoms with van der Waals surface area (Å²) in [5, 5.41) is 3.33. The molecule has 3 N–H and O–H groups in total. The first-order valence-corrected chi connectivity index (χ1v) is 7.36. The molecule has 15 heavy (non-hydrogen) atoms. The highest BCUT2D eigenvalue weighted by molar-refractivity contribution is 7.91. The van der Waals surface area contributed by atoms with E-state index in [1.54, 1.807) is 0 Å². The van der Waals surface area contributed by atoms with E-state index in [1.165, 1.54) is 0 Å². The number of hydrogen-bond acceptors (Lipinski definition) is 4. The van der Waals surface area contributed by atoms with Crippen LogP contribution < -0.4 is 11.1 Å². The fourth-order valence-corrected chi connectivity index (χ4v) is 4.09. The molecule has 0 aromatic heterocycles. The van der Waals surface area contributed by atoms with Gasteiger partial charge in [-0.2, -0.15) is 0 Å². The second-order valence-electron chi connectivity index (χ2n) is 4.95. The molecule has 1 saturated heterocycles. The Balaban J connectivity index is 2.27. The van der Waals surface area contributed by atoms with Gasteiger partial charge in [0.1, 0.15) is 0 Å². The van der Waals surface area contributed by atoms with Crippen molar-refractivity contribution in [3.05, 3.63) is 0 Å². The van der Waals surface area contributed by atoms with Crippen molar-refractivity contribution in [3.63, 3.8) is 0 Å². The molecular formula is C10H22N2O2S. The van der Waals surface area contributed by atoms with E-state index in [1.807, 2.05) is 13.8 Å². The molecule has 0 bridgehead atoms. The fraction of sp³-hybridized carbons (Fsp3) is 1.00. The van der Waals surface area contributed by atoms with Crippen LogP contribution in [0.4, 0.5) is 0 Å². The summed E-state index contributed by atoms with van der Waals surface area (Å²) in [7, 11) is -2.79. The SMILES string of the molecule is CC(N)CCCNC1(C)CCS(=O)(=O)C1. The minimum absolute atomic E-state index is 0.212. The van der Waals surface area contributed by atoms with Crippen LogP contribution >= 0.6 is 0 Å². The van der Waals surface area contributed by atoms with Gasteiger partial charge in [-0.05, 0) is 39.7 Å². The Labute approximate surface area is 92.5 Å². The van der Waals surface area contributed by atoms with E-state index in [-0.39, 0.29) is 17.3 Å². The van der Waals surface area contributed by atoms with Crippen molar-refractivity contribution in [2.45, 2.75) is 44.7 Å². The lowest BCUT2D eigenvalue weighted by atomic mass is 10.0. The zero-order chi connectivity index (χ0) is 11.5. The van der Waals surface area contributed by atoms with E-state index < -0.39 is 9.84 Å². The molecule has 0 aromatic rings. The maximum atomic E-state index is 11.3. The third kappa shape index (κ3) is 4.49. The van der Waals surface area contributed by atoms with E-state index in [9.17, 15) is 8.42 Å². The van der Waals surface area contributed by atoms with Gasteiger partial charge < -0.3 is 11.1 Å². The van der Waals surface area contributed by atoms with Crippen LogP contribution in [0.3, 0.4) is 0 Å². The lowest BCUT2D eigenvalue weighted by Crippen LogP contribution is -2.44. The molecule has 0 amide bonds. The van der Waals surface area contributed by atoms with Gasteiger partial charge in [0.25, 0.3) is 0 Å². The minimum Gasteiger partial charge on any atom is -0.328 e. The van der Waals surface area contributed by atoms with Crippen LogP contribution in [0.15, 0.2) is 0 Å². The standard InChI is InChI=1S/C10H22N2O2S/c1-9(11)4-3-6-12-10(2)5-7-15(13,14)8-10/h9,12H,3-8,11H2,1-2H3. The summed E-state index contributed by atoms with van der Waals surface area (Å²) in [6.45, 7) is 4.83. The van der Waals surface area contributed by atoms with Gasteiger partial charge in [-0.1, -0.05) is 0 Å². The molecule has 4 nitrogen and oxygen atoms in total. The molecule has 5 heteroatoms. The van der Waals surface area contributed by atoms with Gasteiger partial charge in [0, 0.05) is 11.6 Å². The smallest absolute Gasteiger partial charge is 0.152 e. The van der Waals surface area contributed by atoms with Crippen LogP contribution in [0, 0.1) is 0 Å². The van der Waals surface area contributed by atoms with Crippen molar-refractivity contribution in [2.75, 3.05) is 18.1 Å². The van der Waals surface area contributed by atoms with Gasteiger partial charge in [0.2, 0.25) is 0 Å². The van der Waals surface area contributed by atoms with E-state index in [4.69, 9.17) is 5.73 Å². The van der Waals surface area contributed by atoms with Gasteiger partial charge in [0.15, 0.2) is 9.84 Å². The Morgan fingerprint density at radius 2 is 2.20 bits per heavy atom. The van der Waals surface area contributed by atoms with Gasteiger partial charge in [-0.15, -0.1) is 0 Å². The Bertz CT molecular complexity index is 301. The first kappa shape index (κ1) is 12.9. The minimum atomic E-state index is -2.79. The van der Waals surface area contributed by atoms with Crippen molar-refractivity contribution < 1.29 is 8.42 Å². The van der Waals surface area contributed by atoms with Crippen molar-refractivity contribution in [2.24, 2.45) is 5.73 Å². The summed E-state index contributed by atoms with van der Waals surface area (Å²) in [5.74, 6) is 0.599. The molecule has 1 fully saturated rings. The molecule has 0 aliphatic carbocycles. The second-order valence-corrected chi connectivity index (χ2v) is 7.13. The lowest BCUT2D eigenvalue weighted by molar-refractivity contribution is 0.389. The van der Waals surface area contributed by atoms with Gasteiger partial charge >= 0.3 is 0 Å². The average molecular weight is 234 g/mol. The maximum Gasteiger partial charge on any atom is 0.152 e. The molecule has 0 saturated carbocycles. The van der Waals surface area contributed by atoms with Crippen LogP contribution in [0.5, 0.6) is 0 Å². The average Bonchev–Trinajstić information content (AvgIpc) is 2.35. The third-order valence-corrected chi connectivity index (χ3v) is 4.79. The molecule has 0 spiro atoms. The molecule has 1 aliphatic heterocycles. The van der Waals surface area contributed by atoms with Crippen LogP contribution in [-0.4, -0.2) is 38.0 Å². The van der Waals surface area contributed by atoms with Crippen molar-refractivity contribution in [1.82, 2.24) is 5.32 Å². The first-order chi connectivity index (χ1) is 6.83. The fourth-order valence-electron chi connectivity index (χ4n) is 1.96. The van der Waals surface area contributed by atoms with Crippen molar-refractivity contribution in [1.29, 1.82) is 0 Å². The molecular weight excluding hydrogens is 212 g/mol. The largest absolute Gasteiger partial charge is 0.328 e. The highest BCUT2D eigenvalue weighted by Crippen LogP contribution is 2.22. The summed E-state index contributed by atoms with van der Waals surface area (Å²) in [4.78, 5) is 0. The van der Waals surface area contributed by atoms with Crippen LogP contribution in [0.1, 0.15) is 33.1 Å². The number of nitrogens with two attached hydrogens (primary N) is 1. The molecule has 0 radical (unpaired) electrons. The predicted molar refractivity (Wildman–Crippen MR) is 62.6 cm³/mol. The molecule has 2 atom stereocenters. The summed E-state index contributed by atoms with van der Waals surface area (Å²) in [6, 6.07) is 0.229. The van der Waals surface area contributed by atoms with Crippen molar-refractivity contribution >= 4 is 9.84 Å². The van der Waals surface area contributed by atoms with Crippen molar-refractivity contribution in [3.8, 4) is 0 Å². The summed E-state index contributed by atoms with van der Waals surface area (Å²) in [6.07, 6.45) is 2.72. The zero-order valence-electron chi connectivity index (χ0n) is 9.62. The number of rotatable bonds is 5. The second kappa shape index (κ2) is 4.80. The van der Waals surface area contributed by atoms with Crippen LogP contribution in [0.2, 0.25) is 0 Å². The maximum absolute atomic E-state index is 11.3. The van der Waals surface area contributed by atoms with E-state index in [0.29, 0.717) is 5.75 Å². The monoisotopic (exact) mass is 234 g/mol. The zero-order valence-corrected chi connectivity index (χ0v) is 10.4. The normalized spacial score (nSPS) is 31.7. The molecule has 1 heterocycles. The molecule has 90 valence electrons. The summed E-state index contributed by atoms with van der Waals surface area (Å²) in [5.41, 5.74) is 5.43. The quantitative estimate of drug-likeness (QED) is 0.670. The number of hydrogen-bond donors (Lipinski definition) is 2. The molecule has 2 unspecified atom stereocenters. The van der Waals surface area contributed by atoms with Gasteiger partial charge in [-0.3, -0.25) is 0 Å². The Hall–Kier alpha value is -0.130. The molecule has 1 rings (SSSR count). The van der Waals surface area contributed by atoms with Gasteiger partial charge in [-0.25, -0.2) is 8.42 Å². The number of nitrogens with one attached hydrogen (secondary N) is 1. The Morgan fingerprint density at radius 3 is 2.67 bits per heavy atom. The third-order valence-electron chi connectivity index (χ3n) is 2.89.